The van der Waals surface area contributed by atoms with Crippen molar-refractivity contribution in [2.24, 2.45) is 5.41 Å². The first-order valence-electron chi connectivity index (χ1n) is 6.44. The van der Waals surface area contributed by atoms with E-state index in [1.165, 1.54) is 6.92 Å². The van der Waals surface area contributed by atoms with E-state index in [4.69, 9.17) is 5.26 Å². The maximum atomic E-state index is 12.3. The van der Waals surface area contributed by atoms with Gasteiger partial charge in [-0.3, -0.25) is 9.59 Å². The summed E-state index contributed by atoms with van der Waals surface area (Å²) in [5.41, 5.74) is -0.347. The Morgan fingerprint density at radius 1 is 1.39 bits per heavy atom. The summed E-state index contributed by atoms with van der Waals surface area (Å²) in [7, 11) is 0. The molecule has 1 unspecified atom stereocenters. The first-order valence-corrected chi connectivity index (χ1v) is 6.44. The Kier molecular flexibility index (Phi) is 3.29. The predicted octanol–water partition coefficient (Wildman–Crippen LogP) is 0.806. The van der Waals surface area contributed by atoms with Crippen LogP contribution in [0.15, 0.2) is 0 Å². The van der Waals surface area contributed by atoms with Gasteiger partial charge < -0.3 is 10.2 Å². The van der Waals surface area contributed by atoms with Crippen molar-refractivity contribution >= 4 is 11.8 Å². The summed E-state index contributed by atoms with van der Waals surface area (Å²) in [6.45, 7) is 4.08. The minimum Gasteiger partial charge on any atom is -0.354 e. The molecule has 5 nitrogen and oxygen atoms in total. The average molecular weight is 249 g/mol. The normalized spacial score (nSPS) is 34.6. The van der Waals surface area contributed by atoms with Gasteiger partial charge in [0.15, 0.2) is 0 Å². The van der Waals surface area contributed by atoms with Gasteiger partial charge in [-0.05, 0) is 25.7 Å². The quantitative estimate of drug-likeness (QED) is 0.736. The largest absolute Gasteiger partial charge is 0.354 e. The summed E-state index contributed by atoms with van der Waals surface area (Å²) in [5, 5.41) is 11.7. The van der Waals surface area contributed by atoms with E-state index in [-0.39, 0.29) is 29.3 Å². The summed E-state index contributed by atoms with van der Waals surface area (Å²) >= 11 is 0. The van der Waals surface area contributed by atoms with Gasteiger partial charge in [0.05, 0.1) is 12.6 Å². The number of rotatable bonds is 2. The molecule has 1 atom stereocenters. The highest BCUT2D eigenvalue weighted by atomic mass is 16.2. The van der Waals surface area contributed by atoms with Crippen LogP contribution < -0.4 is 5.32 Å². The zero-order valence-electron chi connectivity index (χ0n) is 10.9. The molecule has 1 N–H and O–H groups in total. The van der Waals surface area contributed by atoms with Gasteiger partial charge in [0, 0.05) is 18.4 Å². The van der Waals surface area contributed by atoms with Crippen molar-refractivity contribution in [1.29, 1.82) is 5.26 Å². The molecule has 1 saturated carbocycles. The number of amides is 2. The van der Waals surface area contributed by atoms with Crippen LogP contribution in [0.1, 0.15) is 39.5 Å². The lowest BCUT2D eigenvalue weighted by atomic mass is 9.73. The molecule has 2 fully saturated rings. The molecule has 98 valence electrons. The third-order valence-corrected chi connectivity index (χ3v) is 4.04. The van der Waals surface area contributed by atoms with Gasteiger partial charge in [-0.2, -0.15) is 5.26 Å². The zero-order valence-corrected chi connectivity index (χ0v) is 10.9. The molecule has 0 aromatic heterocycles. The number of nitriles is 1. The van der Waals surface area contributed by atoms with Crippen LogP contribution in [0.4, 0.5) is 0 Å². The molecular formula is C13H19N3O2. The molecule has 1 aliphatic heterocycles. The van der Waals surface area contributed by atoms with Gasteiger partial charge in [-0.1, -0.05) is 6.92 Å². The smallest absolute Gasteiger partial charge is 0.229 e. The maximum Gasteiger partial charge on any atom is 0.229 e. The van der Waals surface area contributed by atoms with Gasteiger partial charge in [0.2, 0.25) is 11.8 Å². The molecule has 1 aliphatic carbocycles. The Bertz CT molecular complexity index is 405. The van der Waals surface area contributed by atoms with Crippen molar-refractivity contribution in [3.05, 3.63) is 0 Å². The highest BCUT2D eigenvalue weighted by molar-refractivity contribution is 5.85. The number of nitrogens with zero attached hydrogens (tertiary/aromatic N) is 2. The molecular weight excluding hydrogens is 230 g/mol. The van der Waals surface area contributed by atoms with Crippen LogP contribution in [-0.2, 0) is 9.59 Å². The average Bonchev–Trinajstić information content (AvgIpc) is 3.10. The molecule has 2 amide bonds. The molecule has 2 rings (SSSR count). The minimum atomic E-state index is -0.347. The predicted molar refractivity (Wildman–Crippen MR) is 65.3 cm³/mol. The fraction of sp³-hybridized carbons (Fsp3) is 0.769. The molecule has 0 bridgehead atoms. The van der Waals surface area contributed by atoms with Crippen molar-refractivity contribution in [2.45, 2.75) is 51.6 Å². The summed E-state index contributed by atoms with van der Waals surface area (Å²) in [6, 6.07) is 2.10. The van der Waals surface area contributed by atoms with E-state index < -0.39 is 0 Å². The number of carbonyl (C=O) groups excluding carboxylic acids is 2. The summed E-state index contributed by atoms with van der Waals surface area (Å²) < 4.78 is 0. The Morgan fingerprint density at radius 3 is 2.44 bits per heavy atom. The summed E-state index contributed by atoms with van der Waals surface area (Å²) in [4.78, 5) is 24.9. The fourth-order valence-electron chi connectivity index (χ4n) is 2.72. The van der Waals surface area contributed by atoms with E-state index in [9.17, 15) is 9.59 Å². The van der Waals surface area contributed by atoms with E-state index in [0.29, 0.717) is 6.54 Å². The second-order valence-corrected chi connectivity index (χ2v) is 5.64. The van der Waals surface area contributed by atoms with E-state index in [1.54, 1.807) is 4.90 Å². The Labute approximate surface area is 107 Å². The number of carbonyl (C=O) groups is 2. The highest BCUT2D eigenvalue weighted by Gasteiger charge is 2.48. The van der Waals surface area contributed by atoms with Crippen LogP contribution in [0.2, 0.25) is 0 Å². The summed E-state index contributed by atoms with van der Waals surface area (Å²) in [6.07, 6.45) is 3.25. The topological polar surface area (TPSA) is 73.0 Å². The van der Waals surface area contributed by atoms with Crippen molar-refractivity contribution in [3.8, 4) is 6.07 Å². The second kappa shape index (κ2) is 4.60. The molecule has 1 saturated heterocycles. The molecule has 0 aromatic carbocycles. The monoisotopic (exact) mass is 249 g/mol. The third-order valence-electron chi connectivity index (χ3n) is 4.04. The molecule has 0 spiro atoms. The van der Waals surface area contributed by atoms with Crippen molar-refractivity contribution in [1.82, 2.24) is 10.2 Å². The van der Waals surface area contributed by atoms with E-state index in [0.717, 1.165) is 25.7 Å². The Balaban J connectivity index is 1.89. The van der Waals surface area contributed by atoms with Crippen LogP contribution in [0, 0.1) is 16.7 Å². The standard InChI is InChI=1S/C13H19N3O2/c1-9(17)15-10-3-5-13(2,6-4-10)12(18)16-8-11(16)7-14/h10-11H,3-6,8H2,1-2H3,(H,15,17). The lowest BCUT2D eigenvalue weighted by Crippen LogP contribution is -2.43. The van der Waals surface area contributed by atoms with Crippen molar-refractivity contribution in [3.63, 3.8) is 0 Å². The van der Waals surface area contributed by atoms with Gasteiger partial charge in [-0.25, -0.2) is 0 Å². The zero-order chi connectivity index (χ0) is 13.3. The van der Waals surface area contributed by atoms with Crippen LogP contribution in [0.25, 0.3) is 0 Å². The van der Waals surface area contributed by atoms with Gasteiger partial charge >= 0.3 is 0 Å². The van der Waals surface area contributed by atoms with Crippen LogP contribution in [-0.4, -0.2) is 35.3 Å². The molecule has 0 radical (unpaired) electrons. The van der Waals surface area contributed by atoms with Crippen molar-refractivity contribution in [2.75, 3.05) is 6.54 Å². The Hall–Kier alpha value is -1.57. The molecule has 0 aromatic rings. The minimum absolute atomic E-state index is 0.00887. The van der Waals surface area contributed by atoms with Crippen LogP contribution in [0.3, 0.4) is 0 Å². The van der Waals surface area contributed by atoms with Gasteiger partial charge in [0.1, 0.15) is 6.04 Å². The number of hydrogen-bond donors (Lipinski definition) is 1. The summed E-state index contributed by atoms with van der Waals surface area (Å²) in [5.74, 6) is 0.0979. The van der Waals surface area contributed by atoms with Gasteiger partial charge in [0.25, 0.3) is 0 Å². The molecule has 1 heterocycles. The number of hydrogen-bond acceptors (Lipinski definition) is 3. The highest BCUT2D eigenvalue weighted by Crippen LogP contribution is 2.40. The maximum absolute atomic E-state index is 12.3. The lowest BCUT2D eigenvalue weighted by Gasteiger charge is -2.36. The van der Waals surface area contributed by atoms with Crippen molar-refractivity contribution < 1.29 is 9.59 Å². The lowest BCUT2D eigenvalue weighted by molar-refractivity contribution is -0.137. The molecule has 18 heavy (non-hydrogen) atoms. The molecule has 5 heteroatoms. The van der Waals surface area contributed by atoms with Crippen LogP contribution in [0.5, 0.6) is 0 Å². The molecule has 2 aliphatic rings. The van der Waals surface area contributed by atoms with Gasteiger partial charge in [-0.15, -0.1) is 0 Å². The van der Waals surface area contributed by atoms with E-state index in [2.05, 4.69) is 11.4 Å². The third kappa shape index (κ3) is 2.47. The first kappa shape index (κ1) is 12.9. The van der Waals surface area contributed by atoms with E-state index >= 15 is 0 Å². The fourth-order valence-corrected chi connectivity index (χ4v) is 2.72. The van der Waals surface area contributed by atoms with Crippen LogP contribution >= 0.6 is 0 Å². The first-order chi connectivity index (χ1) is 8.46. The second-order valence-electron chi connectivity index (χ2n) is 5.64. The number of nitrogens with one attached hydrogen (secondary N) is 1. The SMILES string of the molecule is CC(=O)NC1CCC(C)(C(=O)N2CC2C#N)CC1. The van der Waals surface area contributed by atoms with E-state index in [1.807, 2.05) is 6.92 Å². The Morgan fingerprint density at radius 2 is 2.00 bits per heavy atom.